The summed E-state index contributed by atoms with van der Waals surface area (Å²) in [5.74, 6) is -1.70. The third-order valence-corrected chi connectivity index (χ3v) is 1.79. The van der Waals surface area contributed by atoms with Gasteiger partial charge in [-0.05, 0) is 24.6 Å². The van der Waals surface area contributed by atoms with Gasteiger partial charge in [0.1, 0.15) is 5.82 Å². The summed E-state index contributed by atoms with van der Waals surface area (Å²) in [4.78, 5) is 10.6. The van der Waals surface area contributed by atoms with Crippen molar-refractivity contribution in [3.63, 3.8) is 0 Å². The zero-order valence-electron chi connectivity index (χ0n) is 7.04. The van der Waals surface area contributed by atoms with Crippen LogP contribution in [0.15, 0.2) is 12.1 Å². The highest BCUT2D eigenvalue weighted by Crippen LogP contribution is 2.15. The van der Waals surface area contributed by atoms with E-state index in [0.29, 0.717) is 5.56 Å². The van der Waals surface area contributed by atoms with Crippen LogP contribution in [0.25, 0.3) is 0 Å². The van der Waals surface area contributed by atoms with E-state index in [0.717, 1.165) is 12.1 Å². The zero-order chi connectivity index (χ0) is 10.0. The van der Waals surface area contributed by atoms with Crippen LogP contribution in [0.5, 0.6) is 0 Å². The fourth-order valence-corrected chi connectivity index (χ4v) is 1.07. The first kappa shape index (κ1) is 9.67. The highest BCUT2D eigenvalue weighted by molar-refractivity contribution is 5.89. The van der Waals surface area contributed by atoms with Crippen molar-refractivity contribution in [3.8, 4) is 0 Å². The highest BCUT2D eigenvalue weighted by atomic mass is 19.1. The second kappa shape index (κ2) is 3.53. The summed E-state index contributed by atoms with van der Waals surface area (Å²) in [6.45, 7) is 1.01. The lowest BCUT2D eigenvalue weighted by Gasteiger charge is -2.04. The highest BCUT2D eigenvalue weighted by Gasteiger charge is 2.11. The molecule has 0 amide bonds. The number of carbonyl (C=O) groups is 1. The van der Waals surface area contributed by atoms with Gasteiger partial charge in [-0.25, -0.2) is 9.18 Å². The van der Waals surface area contributed by atoms with Gasteiger partial charge in [0.05, 0.1) is 12.2 Å². The number of benzene rings is 1. The number of hydrogen-bond donors (Lipinski definition) is 2. The zero-order valence-corrected chi connectivity index (χ0v) is 7.04. The lowest BCUT2D eigenvalue weighted by atomic mass is 10.0. The van der Waals surface area contributed by atoms with E-state index >= 15 is 0 Å². The van der Waals surface area contributed by atoms with Crippen LogP contribution in [0, 0.1) is 12.7 Å². The molecule has 0 atom stereocenters. The summed E-state index contributed by atoms with van der Waals surface area (Å²) in [6, 6.07) is 2.25. The Bertz CT molecular complexity index is 347. The summed E-state index contributed by atoms with van der Waals surface area (Å²) < 4.78 is 12.9. The number of hydrogen-bond acceptors (Lipinski definition) is 2. The third kappa shape index (κ3) is 1.84. The van der Waals surface area contributed by atoms with Gasteiger partial charge >= 0.3 is 5.97 Å². The van der Waals surface area contributed by atoms with Gasteiger partial charge in [0, 0.05) is 5.56 Å². The predicted octanol–water partition coefficient (Wildman–Crippen LogP) is 1.32. The molecule has 4 heteroatoms. The normalized spacial score (nSPS) is 10.1. The summed E-state index contributed by atoms with van der Waals surface area (Å²) in [5, 5.41) is 17.4. The first-order valence-corrected chi connectivity index (χ1v) is 3.69. The van der Waals surface area contributed by atoms with Crippen LogP contribution in [0.2, 0.25) is 0 Å². The number of aliphatic hydroxyl groups excluding tert-OH is 1. The van der Waals surface area contributed by atoms with E-state index in [4.69, 9.17) is 10.2 Å². The lowest BCUT2D eigenvalue weighted by molar-refractivity contribution is 0.0696. The van der Waals surface area contributed by atoms with E-state index in [1.54, 1.807) is 0 Å². The van der Waals surface area contributed by atoms with Crippen LogP contribution in [0.4, 0.5) is 4.39 Å². The molecule has 1 aromatic rings. The molecule has 13 heavy (non-hydrogen) atoms. The number of rotatable bonds is 2. The van der Waals surface area contributed by atoms with Gasteiger partial charge in [0.2, 0.25) is 0 Å². The fourth-order valence-electron chi connectivity index (χ4n) is 1.07. The molecule has 0 aromatic heterocycles. The Morgan fingerprint density at radius 3 is 2.62 bits per heavy atom. The number of aromatic carboxylic acids is 1. The van der Waals surface area contributed by atoms with Crippen molar-refractivity contribution >= 4 is 5.97 Å². The summed E-state index contributed by atoms with van der Waals surface area (Å²) >= 11 is 0. The molecule has 0 heterocycles. The molecular weight excluding hydrogens is 175 g/mol. The molecule has 3 nitrogen and oxygen atoms in total. The van der Waals surface area contributed by atoms with Crippen LogP contribution >= 0.6 is 0 Å². The number of carboxylic acids is 1. The summed E-state index contributed by atoms with van der Waals surface area (Å²) in [6.07, 6.45) is 0. The number of aliphatic hydroxyl groups is 1. The maximum Gasteiger partial charge on any atom is 0.335 e. The Balaban J connectivity index is 3.30. The molecule has 0 spiro atoms. The SMILES string of the molecule is Cc1cc(F)c(CO)cc1C(=O)O. The van der Waals surface area contributed by atoms with Crippen molar-refractivity contribution in [1.29, 1.82) is 0 Å². The quantitative estimate of drug-likeness (QED) is 0.728. The molecule has 70 valence electrons. The van der Waals surface area contributed by atoms with Gasteiger partial charge in [0.25, 0.3) is 0 Å². The van der Waals surface area contributed by atoms with Gasteiger partial charge in [-0.15, -0.1) is 0 Å². The monoisotopic (exact) mass is 184 g/mol. The van der Waals surface area contributed by atoms with E-state index < -0.39 is 18.4 Å². The molecule has 0 saturated heterocycles. The molecule has 2 N–H and O–H groups in total. The summed E-state index contributed by atoms with van der Waals surface area (Å²) in [5.41, 5.74) is 0.371. The molecule has 1 rings (SSSR count). The molecule has 0 saturated carbocycles. The molecule has 1 aromatic carbocycles. The summed E-state index contributed by atoms with van der Waals surface area (Å²) in [7, 11) is 0. The predicted molar refractivity (Wildman–Crippen MR) is 44.0 cm³/mol. The second-order valence-electron chi connectivity index (χ2n) is 2.72. The number of carboxylic acid groups (broad SMARTS) is 1. The van der Waals surface area contributed by atoms with E-state index in [1.165, 1.54) is 6.92 Å². The number of halogens is 1. The average Bonchev–Trinajstić information content (AvgIpc) is 2.03. The molecule has 0 unspecified atom stereocenters. The Hall–Kier alpha value is -1.42. The second-order valence-corrected chi connectivity index (χ2v) is 2.72. The van der Waals surface area contributed by atoms with Crippen molar-refractivity contribution in [2.24, 2.45) is 0 Å². The van der Waals surface area contributed by atoms with Crippen molar-refractivity contribution in [2.45, 2.75) is 13.5 Å². The maximum absolute atomic E-state index is 12.9. The first-order valence-electron chi connectivity index (χ1n) is 3.69. The molecule has 0 bridgehead atoms. The van der Waals surface area contributed by atoms with E-state index in [2.05, 4.69) is 0 Å². The molecular formula is C9H9FO3. The molecule has 0 fully saturated rings. The third-order valence-electron chi connectivity index (χ3n) is 1.79. The first-order chi connectivity index (χ1) is 6.06. The largest absolute Gasteiger partial charge is 0.478 e. The van der Waals surface area contributed by atoms with Crippen LogP contribution in [0.3, 0.4) is 0 Å². The molecule has 0 aliphatic rings. The van der Waals surface area contributed by atoms with Gasteiger partial charge in [-0.1, -0.05) is 0 Å². The standard InChI is InChI=1S/C9H9FO3/c1-5-2-8(10)6(4-11)3-7(5)9(12)13/h2-3,11H,4H2,1H3,(H,12,13). The van der Waals surface area contributed by atoms with Crippen LogP contribution in [-0.2, 0) is 6.61 Å². The van der Waals surface area contributed by atoms with Crippen molar-refractivity contribution in [2.75, 3.05) is 0 Å². The minimum Gasteiger partial charge on any atom is -0.478 e. The molecule has 0 aliphatic carbocycles. The smallest absolute Gasteiger partial charge is 0.335 e. The van der Waals surface area contributed by atoms with Crippen molar-refractivity contribution < 1.29 is 19.4 Å². The lowest BCUT2D eigenvalue weighted by Crippen LogP contribution is -2.03. The fraction of sp³-hybridized carbons (Fsp3) is 0.222. The molecule has 0 aliphatic heterocycles. The van der Waals surface area contributed by atoms with E-state index in [-0.39, 0.29) is 11.1 Å². The average molecular weight is 184 g/mol. The van der Waals surface area contributed by atoms with Crippen LogP contribution < -0.4 is 0 Å². The Morgan fingerprint density at radius 2 is 2.15 bits per heavy atom. The van der Waals surface area contributed by atoms with Gasteiger partial charge < -0.3 is 10.2 Å². The Morgan fingerprint density at radius 1 is 1.54 bits per heavy atom. The van der Waals surface area contributed by atoms with E-state index in [9.17, 15) is 9.18 Å². The minimum absolute atomic E-state index is 0.00278. The van der Waals surface area contributed by atoms with Crippen LogP contribution in [0.1, 0.15) is 21.5 Å². The Labute approximate surface area is 74.4 Å². The topological polar surface area (TPSA) is 57.5 Å². The Kier molecular flexibility index (Phi) is 2.63. The van der Waals surface area contributed by atoms with Crippen molar-refractivity contribution in [1.82, 2.24) is 0 Å². The molecule has 0 radical (unpaired) electrons. The van der Waals surface area contributed by atoms with Crippen LogP contribution in [-0.4, -0.2) is 16.2 Å². The number of aryl methyl sites for hydroxylation is 1. The van der Waals surface area contributed by atoms with Crippen molar-refractivity contribution in [3.05, 3.63) is 34.6 Å². The minimum atomic E-state index is -1.12. The van der Waals surface area contributed by atoms with Gasteiger partial charge in [0.15, 0.2) is 0 Å². The van der Waals surface area contributed by atoms with Gasteiger partial charge in [-0.3, -0.25) is 0 Å². The maximum atomic E-state index is 12.9. The van der Waals surface area contributed by atoms with Gasteiger partial charge in [-0.2, -0.15) is 0 Å². The van der Waals surface area contributed by atoms with E-state index in [1.807, 2.05) is 0 Å².